The van der Waals surface area contributed by atoms with Gasteiger partial charge in [0.2, 0.25) is 0 Å². The van der Waals surface area contributed by atoms with Crippen LogP contribution in [0.1, 0.15) is 13.8 Å². The number of ether oxygens (including phenoxy) is 1. The van der Waals surface area contributed by atoms with Gasteiger partial charge in [-0.25, -0.2) is 0 Å². The lowest BCUT2D eigenvalue weighted by atomic mass is 10.5. The summed E-state index contributed by atoms with van der Waals surface area (Å²) in [6.07, 6.45) is 0. The summed E-state index contributed by atoms with van der Waals surface area (Å²) in [6, 6.07) is 0. The van der Waals surface area contributed by atoms with Gasteiger partial charge in [-0.1, -0.05) is 5.16 Å². The van der Waals surface area contributed by atoms with Crippen molar-refractivity contribution < 1.29 is 9.57 Å². The van der Waals surface area contributed by atoms with Gasteiger partial charge in [0.05, 0.1) is 12.3 Å². The molecule has 0 aliphatic rings. The Bertz CT molecular complexity index is 91.1. The van der Waals surface area contributed by atoms with E-state index in [-0.39, 0.29) is 0 Å². The van der Waals surface area contributed by atoms with E-state index in [0.717, 1.165) is 12.3 Å². The molecule has 0 amide bonds. The molecule has 0 aromatic rings. The van der Waals surface area contributed by atoms with E-state index in [9.17, 15) is 0 Å². The normalized spacial score (nSPS) is 11.7. The highest BCUT2D eigenvalue weighted by Gasteiger charge is 1.88. The molecule has 0 aliphatic carbocycles. The van der Waals surface area contributed by atoms with Crippen molar-refractivity contribution >= 4 is 5.71 Å². The molecule has 0 fully saturated rings. The van der Waals surface area contributed by atoms with Crippen LogP contribution in [0.2, 0.25) is 0 Å². The lowest BCUT2D eigenvalue weighted by Gasteiger charge is -1.97. The third-order valence-corrected chi connectivity index (χ3v) is 0.762. The van der Waals surface area contributed by atoms with Gasteiger partial charge in [-0.05, 0) is 13.8 Å². The van der Waals surface area contributed by atoms with Crippen molar-refractivity contribution in [3.8, 4) is 0 Å². The van der Waals surface area contributed by atoms with Gasteiger partial charge >= 0.3 is 0 Å². The first kappa shape index (κ1) is 8.43. The molecule has 0 aromatic heterocycles. The van der Waals surface area contributed by atoms with Crippen LogP contribution in [0, 0.1) is 0 Å². The fraction of sp³-hybridized carbons (Fsp3) is 0.833. The maximum atomic E-state index is 5.04. The van der Waals surface area contributed by atoms with Crippen molar-refractivity contribution in [2.75, 3.05) is 20.3 Å². The van der Waals surface area contributed by atoms with Crippen LogP contribution in [0.3, 0.4) is 0 Å². The second-order valence-corrected chi connectivity index (χ2v) is 1.65. The number of nitrogens with zero attached hydrogens (tertiary/aromatic N) is 1. The minimum Gasteiger partial charge on any atom is -0.399 e. The molecule has 0 aliphatic heterocycles. The van der Waals surface area contributed by atoms with Crippen molar-refractivity contribution in [3.63, 3.8) is 0 Å². The number of rotatable bonds is 4. The standard InChI is InChI=1S/C6H13NO2/c1-4-9-5-6(2)7-8-3/h4-5H2,1-3H3/b7-6+. The highest BCUT2D eigenvalue weighted by Crippen LogP contribution is 1.80. The van der Waals surface area contributed by atoms with E-state index in [0.29, 0.717) is 6.61 Å². The Balaban J connectivity index is 3.25. The Hall–Kier alpha value is -0.570. The van der Waals surface area contributed by atoms with Crippen molar-refractivity contribution in [2.24, 2.45) is 5.16 Å². The van der Waals surface area contributed by atoms with E-state index in [1.807, 2.05) is 13.8 Å². The van der Waals surface area contributed by atoms with Gasteiger partial charge in [0, 0.05) is 6.61 Å². The SMILES string of the molecule is CCOC/C(C)=N/OC. The zero-order chi connectivity index (χ0) is 7.11. The molecule has 0 unspecified atom stereocenters. The number of hydrogen-bond donors (Lipinski definition) is 0. The molecule has 3 heteroatoms. The van der Waals surface area contributed by atoms with Gasteiger partial charge in [-0.15, -0.1) is 0 Å². The minimum atomic E-state index is 0.560. The molecule has 0 saturated carbocycles. The smallest absolute Gasteiger partial charge is 0.106 e. The van der Waals surface area contributed by atoms with Gasteiger partial charge in [-0.2, -0.15) is 0 Å². The fourth-order valence-corrected chi connectivity index (χ4v) is 0.432. The van der Waals surface area contributed by atoms with Crippen LogP contribution in [0.15, 0.2) is 5.16 Å². The molecule has 0 atom stereocenters. The van der Waals surface area contributed by atoms with Crippen LogP contribution in [-0.2, 0) is 9.57 Å². The van der Waals surface area contributed by atoms with Crippen molar-refractivity contribution in [2.45, 2.75) is 13.8 Å². The first-order chi connectivity index (χ1) is 4.31. The third kappa shape index (κ3) is 5.30. The summed E-state index contributed by atoms with van der Waals surface area (Å²) in [4.78, 5) is 4.51. The van der Waals surface area contributed by atoms with Crippen LogP contribution in [-0.4, -0.2) is 26.0 Å². The quantitative estimate of drug-likeness (QED) is 0.421. The van der Waals surface area contributed by atoms with Crippen molar-refractivity contribution in [3.05, 3.63) is 0 Å². The summed E-state index contributed by atoms with van der Waals surface area (Å²) in [5.41, 5.74) is 0.861. The van der Waals surface area contributed by atoms with E-state index in [1.54, 1.807) is 0 Å². The predicted molar refractivity (Wildman–Crippen MR) is 36.6 cm³/mol. The predicted octanol–water partition coefficient (Wildman–Crippen LogP) is 1.05. The zero-order valence-corrected chi connectivity index (χ0v) is 6.18. The molecule has 0 heterocycles. The van der Waals surface area contributed by atoms with E-state index in [1.165, 1.54) is 7.11 Å². The Labute approximate surface area is 55.6 Å². The molecule has 3 nitrogen and oxygen atoms in total. The average molecular weight is 131 g/mol. The first-order valence-corrected chi connectivity index (χ1v) is 2.95. The van der Waals surface area contributed by atoms with E-state index >= 15 is 0 Å². The summed E-state index contributed by atoms with van der Waals surface area (Å²) in [5.74, 6) is 0. The molecular formula is C6H13NO2. The van der Waals surface area contributed by atoms with E-state index < -0.39 is 0 Å². The lowest BCUT2D eigenvalue weighted by Crippen LogP contribution is -2.04. The minimum absolute atomic E-state index is 0.560. The summed E-state index contributed by atoms with van der Waals surface area (Å²) in [5, 5.41) is 3.65. The van der Waals surface area contributed by atoms with Crippen LogP contribution in [0.25, 0.3) is 0 Å². The Kier molecular flexibility index (Phi) is 5.21. The molecule has 0 aromatic carbocycles. The lowest BCUT2D eigenvalue weighted by molar-refractivity contribution is 0.174. The van der Waals surface area contributed by atoms with Gasteiger partial charge < -0.3 is 9.57 Å². The molecule has 0 bridgehead atoms. The van der Waals surface area contributed by atoms with Crippen molar-refractivity contribution in [1.82, 2.24) is 0 Å². The van der Waals surface area contributed by atoms with Crippen LogP contribution in [0.4, 0.5) is 0 Å². The molecule has 0 spiro atoms. The average Bonchev–Trinajstić information content (AvgIpc) is 1.85. The van der Waals surface area contributed by atoms with Crippen LogP contribution >= 0.6 is 0 Å². The molecule has 0 rings (SSSR count). The molecule has 54 valence electrons. The van der Waals surface area contributed by atoms with Gasteiger partial charge in [0.1, 0.15) is 7.11 Å². The maximum absolute atomic E-state index is 5.04. The van der Waals surface area contributed by atoms with E-state index in [2.05, 4.69) is 9.99 Å². The van der Waals surface area contributed by atoms with E-state index in [4.69, 9.17) is 4.74 Å². The van der Waals surface area contributed by atoms with Gasteiger partial charge in [0.15, 0.2) is 0 Å². The fourth-order valence-electron chi connectivity index (χ4n) is 0.432. The molecule has 9 heavy (non-hydrogen) atoms. The zero-order valence-electron chi connectivity index (χ0n) is 6.18. The molecule has 0 N–H and O–H groups in total. The molecule has 0 radical (unpaired) electrons. The Morgan fingerprint density at radius 3 is 2.67 bits per heavy atom. The summed E-state index contributed by atoms with van der Waals surface area (Å²) in [6.45, 7) is 5.08. The van der Waals surface area contributed by atoms with Crippen LogP contribution in [0.5, 0.6) is 0 Å². The second-order valence-electron chi connectivity index (χ2n) is 1.65. The highest BCUT2D eigenvalue weighted by molar-refractivity contribution is 5.82. The van der Waals surface area contributed by atoms with Gasteiger partial charge in [-0.3, -0.25) is 0 Å². The third-order valence-electron chi connectivity index (χ3n) is 0.762. The van der Waals surface area contributed by atoms with Crippen LogP contribution < -0.4 is 0 Å². The second kappa shape index (κ2) is 5.56. The topological polar surface area (TPSA) is 30.8 Å². The largest absolute Gasteiger partial charge is 0.399 e. The Morgan fingerprint density at radius 1 is 1.56 bits per heavy atom. The first-order valence-electron chi connectivity index (χ1n) is 2.95. The monoisotopic (exact) mass is 131 g/mol. The molecular weight excluding hydrogens is 118 g/mol. The Morgan fingerprint density at radius 2 is 2.22 bits per heavy atom. The number of hydrogen-bond acceptors (Lipinski definition) is 3. The summed E-state index contributed by atoms with van der Waals surface area (Å²) in [7, 11) is 1.52. The number of oxime groups is 1. The van der Waals surface area contributed by atoms with Gasteiger partial charge in [0.25, 0.3) is 0 Å². The van der Waals surface area contributed by atoms with Crippen molar-refractivity contribution in [1.29, 1.82) is 0 Å². The highest BCUT2D eigenvalue weighted by atomic mass is 16.6. The molecule has 0 saturated heterocycles. The maximum Gasteiger partial charge on any atom is 0.106 e. The summed E-state index contributed by atoms with van der Waals surface area (Å²) >= 11 is 0. The summed E-state index contributed by atoms with van der Waals surface area (Å²) < 4.78 is 5.04.